The summed E-state index contributed by atoms with van der Waals surface area (Å²) < 4.78 is 12.2. The molecule has 0 saturated heterocycles. The Morgan fingerprint density at radius 3 is 2.54 bits per heavy atom. The number of halogens is 1. The van der Waals surface area contributed by atoms with E-state index >= 15 is 0 Å². The van der Waals surface area contributed by atoms with Crippen LogP contribution in [0.4, 0.5) is 0 Å². The second-order valence-electron chi connectivity index (χ2n) is 7.24. The number of amides is 1. The number of rotatable bonds is 7. The molecule has 0 unspecified atom stereocenters. The summed E-state index contributed by atoms with van der Waals surface area (Å²) in [5.74, 6) is 1.24. The zero-order valence-electron chi connectivity index (χ0n) is 16.7. The summed E-state index contributed by atoms with van der Waals surface area (Å²) in [6, 6.07) is 15.0. The molecule has 150 valence electrons. The maximum atomic E-state index is 13.0. The molecule has 5 heteroatoms. The van der Waals surface area contributed by atoms with Crippen molar-refractivity contribution < 1.29 is 14.3 Å². The van der Waals surface area contributed by atoms with Crippen molar-refractivity contribution in [2.24, 2.45) is 0 Å². The van der Waals surface area contributed by atoms with Gasteiger partial charge in [0, 0.05) is 12.0 Å². The maximum absolute atomic E-state index is 13.0. The Kier molecular flexibility index (Phi) is 6.50. The number of benzene rings is 2. The van der Waals surface area contributed by atoms with Gasteiger partial charge >= 0.3 is 0 Å². The first-order valence-corrected chi connectivity index (χ1v) is 10.4. The number of carbonyl (C=O) groups excluding carboxylic acids is 1. The Morgan fingerprint density at radius 2 is 1.86 bits per heavy atom. The van der Waals surface area contributed by atoms with Crippen LogP contribution in [0.15, 0.2) is 48.5 Å². The minimum absolute atomic E-state index is 0.110. The van der Waals surface area contributed by atoms with E-state index in [1.165, 1.54) is 0 Å². The smallest absolute Gasteiger partial charge is 0.261 e. The molecule has 1 amide bonds. The van der Waals surface area contributed by atoms with Crippen molar-refractivity contribution in [2.75, 3.05) is 0 Å². The first-order chi connectivity index (χ1) is 13.5. The molecule has 3 rings (SSSR count). The first-order valence-electron chi connectivity index (χ1n) is 10.0. The quantitative estimate of drug-likeness (QED) is 0.647. The van der Waals surface area contributed by atoms with Crippen LogP contribution in [-0.2, 0) is 4.79 Å². The third-order valence-corrected chi connectivity index (χ3v) is 5.88. The molecule has 28 heavy (non-hydrogen) atoms. The van der Waals surface area contributed by atoms with Crippen molar-refractivity contribution in [1.82, 2.24) is 5.32 Å². The number of hydrogen-bond donors (Lipinski definition) is 1. The molecule has 2 aromatic carbocycles. The van der Waals surface area contributed by atoms with Gasteiger partial charge in [-0.2, -0.15) is 0 Å². The summed E-state index contributed by atoms with van der Waals surface area (Å²) in [6.45, 7) is 6.19. The van der Waals surface area contributed by atoms with E-state index in [1.54, 1.807) is 12.1 Å². The number of ether oxygens (including phenoxy) is 2. The minimum atomic E-state index is -0.604. The van der Waals surface area contributed by atoms with Gasteiger partial charge in [-0.1, -0.05) is 62.7 Å². The number of nitrogens with one attached hydrogen (secondary N) is 1. The van der Waals surface area contributed by atoms with E-state index in [1.807, 2.05) is 43.3 Å². The molecule has 0 fully saturated rings. The highest BCUT2D eigenvalue weighted by molar-refractivity contribution is 6.32. The molecule has 4 nitrogen and oxygen atoms in total. The van der Waals surface area contributed by atoms with Crippen LogP contribution in [0, 0.1) is 0 Å². The molecule has 2 aromatic rings. The number of fused-ring (bicyclic) bond motifs is 1. The van der Waals surface area contributed by atoms with Crippen LogP contribution in [0.2, 0.25) is 5.02 Å². The second-order valence-corrected chi connectivity index (χ2v) is 7.65. The number of hydrogen-bond acceptors (Lipinski definition) is 3. The molecular weight excluding hydrogens is 374 g/mol. The minimum Gasteiger partial charge on any atom is -0.487 e. The van der Waals surface area contributed by atoms with Crippen molar-refractivity contribution in [2.45, 2.75) is 64.2 Å². The molecule has 0 bridgehead atoms. The Bertz CT molecular complexity index is 819. The van der Waals surface area contributed by atoms with Crippen LogP contribution in [0.1, 0.15) is 58.1 Å². The molecule has 0 radical (unpaired) electrons. The van der Waals surface area contributed by atoms with E-state index in [4.69, 9.17) is 21.1 Å². The summed E-state index contributed by atoms with van der Waals surface area (Å²) in [4.78, 5) is 13.0. The lowest BCUT2D eigenvalue weighted by Gasteiger charge is -2.42. The molecule has 0 spiro atoms. The first kappa shape index (κ1) is 20.5. The SMILES string of the molecule is CC[C@H](Oc1ccccc1Cl)C(=O)N[C@@H]1CC(CC)(CC)Oc2ccccc21. The summed E-state index contributed by atoms with van der Waals surface area (Å²) in [6.07, 6.45) is 2.46. The van der Waals surface area contributed by atoms with Crippen molar-refractivity contribution in [3.63, 3.8) is 0 Å². The Morgan fingerprint density at radius 1 is 1.18 bits per heavy atom. The van der Waals surface area contributed by atoms with Gasteiger partial charge in [-0.3, -0.25) is 4.79 Å². The molecule has 1 heterocycles. The molecule has 0 saturated carbocycles. The highest BCUT2D eigenvalue weighted by Gasteiger charge is 2.39. The average Bonchev–Trinajstić information content (AvgIpc) is 2.72. The largest absolute Gasteiger partial charge is 0.487 e. The van der Waals surface area contributed by atoms with Gasteiger partial charge in [-0.15, -0.1) is 0 Å². The van der Waals surface area contributed by atoms with Gasteiger partial charge in [0.1, 0.15) is 17.1 Å². The molecule has 0 aromatic heterocycles. The fourth-order valence-electron chi connectivity index (χ4n) is 3.71. The topological polar surface area (TPSA) is 47.6 Å². The lowest BCUT2D eigenvalue weighted by Crippen LogP contribution is -2.47. The van der Waals surface area contributed by atoms with E-state index in [0.717, 1.165) is 30.6 Å². The van der Waals surface area contributed by atoms with E-state index in [2.05, 4.69) is 19.2 Å². The van der Waals surface area contributed by atoms with Crippen LogP contribution in [0.25, 0.3) is 0 Å². The van der Waals surface area contributed by atoms with Gasteiger partial charge in [0.05, 0.1) is 11.1 Å². The van der Waals surface area contributed by atoms with Crippen molar-refractivity contribution >= 4 is 17.5 Å². The average molecular weight is 402 g/mol. The van der Waals surface area contributed by atoms with Gasteiger partial charge in [-0.05, 0) is 37.5 Å². The van der Waals surface area contributed by atoms with E-state index in [-0.39, 0.29) is 17.6 Å². The predicted molar refractivity (Wildman–Crippen MR) is 112 cm³/mol. The molecule has 2 atom stereocenters. The van der Waals surface area contributed by atoms with E-state index in [9.17, 15) is 4.79 Å². The number of para-hydroxylation sites is 2. The van der Waals surface area contributed by atoms with Crippen LogP contribution in [-0.4, -0.2) is 17.6 Å². The lowest BCUT2D eigenvalue weighted by atomic mass is 9.83. The van der Waals surface area contributed by atoms with Crippen LogP contribution < -0.4 is 14.8 Å². The fraction of sp³-hybridized carbons (Fsp3) is 0.435. The fourth-order valence-corrected chi connectivity index (χ4v) is 3.89. The summed E-state index contributed by atoms with van der Waals surface area (Å²) in [5, 5.41) is 3.70. The van der Waals surface area contributed by atoms with Gasteiger partial charge < -0.3 is 14.8 Å². The third kappa shape index (κ3) is 4.27. The van der Waals surface area contributed by atoms with Gasteiger partial charge in [0.2, 0.25) is 0 Å². The number of carbonyl (C=O) groups is 1. The summed E-state index contributed by atoms with van der Waals surface area (Å²) in [5.41, 5.74) is 0.749. The predicted octanol–water partition coefficient (Wildman–Crippen LogP) is 5.70. The molecule has 0 aliphatic carbocycles. The molecule has 1 aliphatic heterocycles. The Labute approximate surface area is 172 Å². The highest BCUT2D eigenvalue weighted by Crippen LogP contribution is 2.42. The Balaban J connectivity index is 1.80. The van der Waals surface area contributed by atoms with Crippen LogP contribution >= 0.6 is 11.6 Å². The van der Waals surface area contributed by atoms with Gasteiger partial charge in [-0.25, -0.2) is 0 Å². The monoisotopic (exact) mass is 401 g/mol. The van der Waals surface area contributed by atoms with Crippen LogP contribution in [0.5, 0.6) is 11.5 Å². The third-order valence-electron chi connectivity index (χ3n) is 5.57. The standard InChI is InChI=1S/C23H28ClNO3/c1-4-19(27-21-14-10-8-12-17(21)24)22(26)25-18-15-23(5-2,6-3)28-20-13-9-7-11-16(18)20/h7-14,18-19H,4-6,15H2,1-3H3,(H,25,26)/t18-,19+/m1/s1. The molecular formula is C23H28ClNO3. The Hall–Kier alpha value is -2.20. The summed E-state index contributed by atoms with van der Waals surface area (Å²) in [7, 11) is 0. The van der Waals surface area contributed by atoms with Crippen molar-refractivity contribution in [3.05, 3.63) is 59.1 Å². The maximum Gasteiger partial charge on any atom is 0.261 e. The lowest BCUT2D eigenvalue weighted by molar-refractivity contribution is -0.129. The van der Waals surface area contributed by atoms with Gasteiger partial charge in [0.25, 0.3) is 5.91 Å². The second kappa shape index (κ2) is 8.87. The summed E-state index contributed by atoms with van der Waals surface area (Å²) >= 11 is 6.19. The van der Waals surface area contributed by atoms with E-state index < -0.39 is 6.10 Å². The van der Waals surface area contributed by atoms with Gasteiger partial charge in [0.15, 0.2) is 6.10 Å². The van der Waals surface area contributed by atoms with Crippen LogP contribution in [0.3, 0.4) is 0 Å². The highest BCUT2D eigenvalue weighted by atomic mass is 35.5. The van der Waals surface area contributed by atoms with E-state index in [0.29, 0.717) is 17.2 Å². The van der Waals surface area contributed by atoms with Crippen molar-refractivity contribution in [3.8, 4) is 11.5 Å². The zero-order valence-corrected chi connectivity index (χ0v) is 17.5. The van der Waals surface area contributed by atoms with Crippen molar-refractivity contribution in [1.29, 1.82) is 0 Å². The molecule has 1 aliphatic rings. The molecule has 1 N–H and O–H groups in total. The zero-order chi connectivity index (χ0) is 20.1. The normalized spacial score (nSPS) is 18.5.